The monoisotopic (exact) mass is 1460 g/mol. The molecule has 0 atom stereocenters. The third-order valence-corrected chi connectivity index (χ3v) is 16.5. The number of benzene rings is 9. The van der Waals surface area contributed by atoms with E-state index < -0.39 is 66.2 Å². The van der Waals surface area contributed by atoms with E-state index in [1.807, 2.05) is 14.7 Å². The predicted molar refractivity (Wildman–Crippen MR) is 333 cm³/mol. The van der Waals surface area contributed by atoms with Gasteiger partial charge in [0.15, 0.2) is 0 Å². The van der Waals surface area contributed by atoms with Crippen LogP contribution in [0, 0.1) is 35.6 Å². The van der Waals surface area contributed by atoms with Gasteiger partial charge in [0.05, 0.1) is 48.1 Å². The summed E-state index contributed by atoms with van der Waals surface area (Å²) in [7, 11) is -13.7. The molecule has 6 N–H and O–H groups in total. The Morgan fingerprint density at radius 3 is 0.479 bits per heavy atom. The fourth-order valence-corrected chi connectivity index (χ4v) is 10.4. The smallest absolute Gasteiger partial charge is 0.744 e. The molecule has 0 aromatic heterocycles. The maximum absolute atomic E-state index is 11.2. The summed E-state index contributed by atoms with van der Waals surface area (Å²) < 4.78 is 101. The average molecular weight is 1460 g/mol. The minimum Gasteiger partial charge on any atom is -0.744 e. The minimum atomic E-state index is -4.57. The zero-order chi connectivity index (χ0) is 67.8. The molecule has 9 aromatic rings. The summed E-state index contributed by atoms with van der Waals surface area (Å²) >= 11 is 0. The van der Waals surface area contributed by atoms with Crippen molar-refractivity contribution in [2.75, 3.05) is 14.7 Å². The topological polar surface area (TPSA) is 405 Å². The molecule has 0 aliphatic carbocycles. The van der Waals surface area contributed by atoms with Crippen molar-refractivity contribution in [3.63, 3.8) is 0 Å². The van der Waals surface area contributed by atoms with E-state index >= 15 is 0 Å². The first-order valence-electron chi connectivity index (χ1n) is 27.3. The number of nitrogens with zero attached hydrogens (tertiary/aromatic N) is 3. The van der Waals surface area contributed by atoms with Gasteiger partial charge in [-0.2, -0.15) is 0 Å². The molecular weight excluding hydrogens is 1410 g/mol. The largest absolute Gasteiger partial charge is 3.00 e. The van der Waals surface area contributed by atoms with Crippen LogP contribution in [0.15, 0.2) is 233 Å². The SMILES string of the molecule is O=C(O)c1ccc(CN(Cc2ccc(C(=O)O)cc2)c2ccc(S(=O)(=O)[O-])cc2)cc1.O=C(O)c1ccc(CN(Cc2ccc(C(=O)O)cc2)c2ccc(S(=O)(=O)[O-])cc2)cc1.O=C(O)c1ccc(CN(Cc2ccc(C(=O)O)cc2)c2ccc(S(=O)(=O)[O-])cc2)cc1.[La+3]. The van der Waals surface area contributed by atoms with Gasteiger partial charge in [-0.15, -0.1) is 0 Å². The number of carbonyl (C=O) groups is 6. The third-order valence-electron chi connectivity index (χ3n) is 13.9. The number of hydrogen-bond acceptors (Lipinski definition) is 18. The van der Waals surface area contributed by atoms with Gasteiger partial charge < -0.3 is 59.0 Å². The van der Waals surface area contributed by atoms with Crippen molar-refractivity contribution in [1.82, 2.24) is 0 Å². The second-order valence-electron chi connectivity index (χ2n) is 20.4. The second kappa shape index (κ2) is 32.6. The predicted octanol–water partition coefficient (Wildman–Crippen LogP) is 9.58. The molecule has 28 heteroatoms. The molecular formula is C66H54LaN3O21S3. The zero-order valence-corrected chi connectivity index (χ0v) is 55.1. The Balaban J connectivity index is 0.000000222. The van der Waals surface area contributed by atoms with Crippen molar-refractivity contribution in [1.29, 1.82) is 0 Å². The molecule has 0 spiro atoms. The Morgan fingerprint density at radius 1 is 0.245 bits per heavy atom. The van der Waals surface area contributed by atoms with E-state index in [0.717, 1.165) is 33.4 Å². The van der Waals surface area contributed by atoms with E-state index in [-0.39, 0.29) is 83.7 Å². The Kier molecular flexibility index (Phi) is 25.4. The van der Waals surface area contributed by atoms with E-state index in [0.29, 0.717) is 56.3 Å². The van der Waals surface area contributed by atoms with Crippen LogP contribution in [-0.4, -0.2) is 105 Å². The standard InChI is InChI=1S/3C22H19NO7S.La/c3*24-21(25)17-5-1-15(2-6-17)13-23(14-16-3-7-18(8-4-16)22(26)27)19-9-11-20(12-10-19)31(28,29)30;/h3*1-12H,13-14H2,(H,24,25)(H,26,27)(H,28,29,30);/q;;;+3/p-3. The van der Waals surface area contributed by atoms with Gasteiger partial charge in [0.1, 0.15) is 30.4 Å². The maximum Gasteiger partial charge on any atom is 3.00 e. The summed E-state index contributed by atoms with van der Waals surface area (Å²) in [6.45, 7) is 2.19. The van der Waals surface area contributed by atoms with E-state index in [1.165, 1.54) is 146 Å². The fourth-order valence-electron chi connectivity index (χ4n) is 9.03. The molecule has 24 nitrogen and oxygen atoms in total. The zero-order valence-electron chi connectivity index (χ0n) is 49.0. The normalized spacial score (nSPS) is 11.0. The molecule has 94 heavy (non-hydrogen) atoms. The van der Waals surface area contributed by atoms with Crippen molar-refractivity contribution in [2.45, 2.75) is 54.0 Å². The van der Waals surface area contributed by atoms with E-state index in [1.54, 1.807) is 72.8 Å². The summed E-state index contributed by atoms with van der Waals surface area (Å²) in [6, 6.07) is 54.5. The number of rotatable bonds is 24. The molecule has 0 heterocycles. The molecule has 9 aromatic carbocycles. The van der Waals surface area contributed by atoms with E-state index in [4.69, 9.17) is 30.6 Å². The van der Waals surface area contributed by atoms with Crippen LogP contribution in [0.25, 0.3) is 0 Å². The van der Waals surface area contributed by atoms with Gasteiger partial charge in [-0.3, -0.25) is 0 Å². The Hall–Kier alpha value is -9.88. The van der Waals surface area contributed by atoms with Crippen molar-refractivity contribution < 1.29 is 134 Å². The number of aromatic carboxylic acids is 6. The van der Waals surface area contributed by atoms with Crippen molar-refractivity contribution in [2.24, 2.45) is 0 Å². The van der Waals surface area contributed by atoms with Gasteiger partial charge in [0, 0.05) is 56.3 Å². The van der Waals surface area contributed by atoms with Crippen LogP contribution in [-0.2, 0) is 69.6 Å². The van der Waals surface area contributed by atoms with Crippen molar-refractivity contribution >= 4 is 83.2 Å². The number of carboxylic acid groups (broad SMARTS) is 6. The maximum atomic E-state index is 11.2. The first-order chi connectivity index (χ1) is 43.9. The molecule has 0 fully saturated rings. The van der Waals surface area contributed by atoms with Gasteiger partial charge in [0.25, 0.3) is 0 Å². The van der Waals surface area contributed by atoms with Crippen molar-refractivity contribution in [3.8, 4) is 0 Å². The number of hydrogen-bond donors (Lipinski definition) is 6. The van der Waals surface area contributed by atoms with Gasteiger partial charge in [-0.1, -0.05) is 72.8 Å². The summed E-state index contributed by atoms with van der Waals surface area (Å²) in [4.78, 5) is 71.0. The van der Waals surface area contributed by atoms with Crippen molar-refractivity contribution in [3.05, 3.63) is 285 Å². The van der Waals surface area contributed by atoms with Gasteiger partial charge >= 0.3 is 71.4 Å². The van der Waals surface area contributed by atoms with Crippen LogP contribution in [0.4, 0.5) is 17.1 Å². The van der Waals surface area contributed by atoms with Crippen LogP contribution >= 0.6 is 0 Å². The Labute approximate surface area is 566 Å². The van der Waals surface area contributed by atoms with Crippen LogP contribution < -0.4 is 14.7 Å². The molecule has 0 aliphatic heterocycles. The quantitative estimate of drug-likeness (QED) is 0.0306. The third kappa shape index (κ3) is 21.6. The molecule has 0 saturated carbocycles. The Morgan fingerprint density at radius 2 is 0.372 bits per heavy atom. The molecule has 0 saturated heterocycles. The van der Waals surface area contributed by atoms with Gasteiger partial charge in [-0.25, -0.2) is 54.0 Å². The number of anilines is 3. The van der Waals surface area contributed by atoms with Crippen LogP contribution in [0.2, 0.25) is 0 Å². The molecule has 0 aliphatic rings. The molecule has 0 unspecified atom stereocenters. The van der Waals surface area contributed by atoms with Gasteiger partial charge in [-0.05, 0) is 179 Å². The van der Waals surface area contributed by atoms with Crippen LogP contribution in [0.3, 0.4) is 0 Å². The fraction of sp³-hybridized carbons (Fsp3) is 0.0909. The van der Waals surface area contributed by atoms with E-state index in [2.05, 4.69) is 0 Å². The van der Waals surface area contributed by atoms with E-state index in [9.17, 15) is 67.7 Å². The molecule has 0 radical (unpaired) electrons. The summed E-state index contributed by atoms with van der Waals surface area (Å²) in [5.41, 5.74) is 7.73. The first-order valence-corrected chi connectivity index (χ1v) is 31.5. The second-order valence-corrected chi connectivity index (χ2v) is 24.6. The minimum absolute atomic E-state index is 0. The molecule has 480 valence electrons. The average Bonchev–Trinajstić information content (AvgIpc) is 0.863. The summed E-state index contributed by atoms with van der Waals surface area (Å²) in [6.07, 6.45) is 0. The first kappa shape index (κ1) is 73.2. The Bertz CT molecular complexity index is 3850. The molecule has 9 rings (SSSR count). The number of carboxylic acids is 6. The van der Waals surface area contributed by atoms with Gasteiger partial charge in [0.2, 0.25) is 0 Å². The summed E-state index contributed by atoms with van der Waals surface area (Å²) in [5.74, 6) is -6.19. The summed E-state index contributed by atoms with van der Waals surface area (Å²) in [5, 5.41) is 54.3. The molecule has 0 bridgehead atoms. The molecule has 0 amide bonds. The van der Waals surface area contributed by atoms with Crippen LogP contribution in [0.1, 0.15) is 95.5 Å². The van der Waals surface area contributed by atoms with Crippen LogP contribution in [0.5, 0.6) is 0 Å².